The predicted molar refractivity (Wildman–Crippen MR) is 121 cm³/mol. The van der Waals surface area contributed by atoms with Gasteiger partial charge in [0.05, 0.1) is 5.69 Å². The number of carbonyl (C=O) groups excluding carboxylic acids is 2. The Morgan fingerprint density at radius 1 is 1.21 bits per heavy atom. The highest BCUT2D eigenvalue weighted by Gasteiger charge is 2.40. The molecule has 4 rings (SSSR count). The number of aromatic amines is 1. The summed E-state index contributed by atoms with van der Waals surface area (Å²) >= 11 is 4.77. The molecule has 172 valence electrons. The highest BCUT2D eigenvalue weighted by atomic mass is 35.5. The number of alkyl halides is 3. The van der Waals surface area contributed by atoms with Gasteiger partial charge in [-0.1, -0.05) is 13.8 Å². The van der Waals surface area contributed by atoms with Crippen LogP contribution in [0.4, 0.5) is 20.2 Å². The van der Waals surface area contributed by atoms with Gasteiger partial charge in [0.25, 0.3) is 5.91 Å². The topological polar surface area (TPSA) is 87.3 Å². The fraction of sp³-hybridized carbons (Fsp3) is 0.261. The quantitative estimate of drug-likeness (QED) is 0.501. The van der Waals surface area contributed by atoms with Crippen LogP contribution in [-0.2, 0) is 10.2 Å². The third-order valence-corrected chi connectivity index (χ3v) is 5.49. The minimum Gasteiger partial charge on any atom is -0.420 e. The normalized spacial score (nSPS) is 14.7. The maximum atomic E-state index is 13.1. The maximum absolute atomic E-state index is 13.1. The zero-order valence-electron chi connectivity index (χ0n) is 18.1. The number of fused-ring (bicyclic) bond motifs is 1. The second-order valence-corrected chi connectivity index (χ2v) is 8.84. The molecule has 0 atom stereocenters. The lowest BCUT2D eigenvalue weighted by molar-refractivity contribution is -0.116. The van der Waals surface area contributed by atoms with Gasteiger partial charge in [0.15, 0.2) is 0 Å². The van der Waals surface area contributed by atoms with Crippen LogP contribution in [0.5, 0.6) is 5.75 Å². The molecular formula is C23H21ClF2N4O3. The number of amides is 2. The molecule has 0 radical (unpaired) electrons. The van der Waals surface area contributed by atoms with Gasteiger partial charge >= 0.3 is 5.57 Å². The number of rotatable bonds is 5. The van der Waals surface area contributed by atoms with Gasteiger partial charge in [-0.3, -0.25) is 14.7 Å². The summed E-state index contributed by atoms with van der Waals surface area (Å²) in [7, 11) is 0. The molecule has 0 saturated heterocycles. The minimum atomic E-state index is -3.82. The molecule has 0 aliphatic carbocycles. The Hall–Kier alpha value is -3.46. The average molecular weight is 475 g/mol. The van der Waals surface area contributed by atoms with Gasteiger partial charge in [0.1, 0.15) is 5.75 Å². The van der Waals surface area contributed by atoms with Gasteiger partial charge in [-0.05, 0) is 48.0 Å². The van der Waals surface area contributed by atoms with Gasteiger partial charge in [-0.25, -0.2) is 0 Å². The van der Waals surface area contributed by atoms with Crippen LogP contribution in [0.1, 0.15) is 36.7 Å². The number of halogens is 3. The molecule has 10 heteroatoms. The first-order valence-corrected chi connectivity index (χ1v) is 10.5. The smallest absolute Gasteiger partial charge is 0.420 e. The fourth-order valence-electron chi connectivity index (χ4n) is 4.08. The standard InChI is InChI=1S/C23H21ClF2N4O3/c1-13(31)30-12-22(2,3)20-17(18-8-9-27-29-18)10-14(11-19(20)30)21(32)28-15-4-6-16(7-5-15)33-23(24,25)26/h4-11H,12H2,1-3H3,(H,27,29)(H,28,32). The van der Waals surface area contributed by atoms with E-state index in [1.54, 1.807) is 29.3 Å². The van der Waals surface area contributed by atoms with E-state index in [0.717, 1.165) is 16.8 Å². The van der Waals surface area contributed by atoms with Crippen LogP contribution in [0.15, 0.2) is 48.7 Å². The van der Waals surface area contributed by atoms with Crippen molar-refractivity contribution in [1.29, 1.82) is 0 Å². The molecule has 0 unspecified atom stereocenters. The highest BCUT2D eigenvalue weighted by molar-refractivity contribution is 6.20. The number of nitrogens with one attached hydrogen (secondary N) is 2. The maximum Gasteiger partial charge on any atom is 0.487 e. The number of aromatic nitrogens is 2. The minimum absolute atomic E-state index is 0.123. The summed E-state index contributed by atoms with van der Waals surface area (Å²) in [4.78, 5) is 27.1. The number of hydrogen-bond donors (Lipinski definition) is 2. The molecule has 2 heterocycles. The summed E-state index contributed by atoms with van der Waals surface area (Å²) in [5.41, 5.74) is -0.349. The van der Waals surface area contributed by atoms with E-state index in [-0.39, 0.29) is 17.1 Å². The Morgan fingerprint density at radius 3 is 2.48 bits per heavy atom. The Kier molecular flexibility index (Phi) is 5.61. The van der Waals surface area contributed by atoms with Crippen molar-refractivity contribution in [2.24, 2.45) is 0 Å². The van der Waals surface area contributed by atoms with Crippen molar-refractivity contribution >= 4 is 34.8 Å². The second-order valence-electron chi connectivity index (χ2n) is 8.40. The predicted octanol–water partition coefficient (Wildman–Crippen LogP) is 5.14. The Morgan fingerprint density at radius 2 is 1.91 bits per heavy atom. The van der Waals surface area contributed by atoms with Crippen LogP contribution in [0.25, 0.3) is 11.3 Å². The molecule has 2 amide bonds. The highest BCUT2D eigenvalue weighted by Crippen LogP contribution is 2.46. The van der Waals surface area contributed by atoms with Gasteiger partial charge in [-0.15, -0.1) is 8.78 Å². The van der Waals surface area contributed by atoms with Crippen molar-refractivity contribution in [3.05, 3.63) is 59.8 Å². The van der Waals surface area contributed by atoms with E-state index in [0.29, 0.717) is 23.5 Å². The SMILES string of the molecule is CC(=O)N1CC(C)(C)c2c(-c3ccn[nH]3)cc(C(=O)Nc3ccc(OC(F)(F)Cl)cc3)cc21. The molecule has 7 nitrogen and oxygen atoms in total. The first-order chi connectivity index (χ1) is 15.4. The molecule has 1 aliphatic rings. The van der Waals surface area contributed by atoms with E-state index in [4.69, 9.17) is 11.6 Å². The lowest BCUT2D eigenvalue weighted by Crippen LogP contribution is -2.32. The van der Waals surface area contributed by atoms with Gasteiger partial charge in [0, 0.05) is 59.2 Å². The zero-order chi connectivity index (χ0) is 24.0. The molecule has 2 aromatic carbocycles. The lowest BCUT2D eigenvalue weighted by atomic mass is 9.82. The van der Waals surface area contributed by atoms with Crippen LogP contribution in [0.3, 0.4) is 0 Å². The first-order valence-electron chi connectivity index (χ1n) is 10.1. The van der Waals surface area contributed by atoms with E-state index >= 15 is 0 Å². The molecular weight excluding hydrogens is 454 g/mol. The number of hydrogen-bond acceptors (Lipinski definition) is 4. The molecule has 3 aromatic rings. The van der Waals surface area contributed by atoms with E-state index in [2.05, 4.69) is 20.3 Å². The molecule has 0 bridgehead atoms. The monoisotopic (exact) mass is 474 g/mol. The number of H-pyrrole nitrogens is 1. The summed E-state index contributed by atoms with van der Waals surface area (Å²) in [5.74, 6) is -0.698. The third-order valence-electron chi connectivity index (χ3n) is 5.42. The van der Waals surface area contributed by atoms with E-state index in [1.165, 1.54) is 31.2 Å². The van der Waals surface area contributed by atoms with E-state index in [1.807, 2.05) is 13.8 Å². The average Bonchev–Trinajstić information content (AvgIpc) is 3.34. The zero-order valence-corrected chi connectivity index (χ0v) is 18.8. The summed E-state index contributed by atoms with van der Waals surface area (Å²) < 4.78 is 29.8. The van der Waals surface area contributed by atoms with E-state index in [9.17, 15) is 18.4 Å². The molecule has 0 saturated carbocycles. The Labute approximate surface area is 193 Å². The van der Waals surface area contributed by atoms with Crippen LogP contribution >= 0.6 is 11.6 Å². The summed E-state index contributed by atoms with van der Waals surface area (Å²) in [6.45, 7) is 6.06. The number of ether oxygens (including phenoxy) is 1. The number of carbonyl (C=O) groups is 2. The van der Waals surface area contributed by atoms with Crippen LogP contribution in [-0.4, -0.2) is 34.1 Å². The molecule has 2 N–H and O–H groups in total. The number of nitrogens with zero attached hydrogens (tertiary/aromatic N) is 2. The van der Waals surface area contributed by atoms with Crippen molar-refractivity contribution in [2.45, 2.75) is 31.8 Å². The summed E-state index contributed by atoms with van der Waals surface area (Å²) in [6, 6.07) is 10.6. The third kappa shape index (κ3) is 4.68. The first kappa shape index (κ1) is 22.7. The molecule has 1 aliphatic heterocycles. The van der Waals surface area contributed by atoms with Crippen LogP contribution in [0.2, 0.25) is 0 Å². The van der Waals surface area contributed by atoms with Gasteiger partial charge in [-0.2, -0.15) is 5.10 Å². The summed E-state index contributed by atoms with van der Waals surface area (Å²) in [6.07, 6.45) is 1.62. The Balaban J connectivity index is 1.70. The number of anilines is 2. The van der Waals surface area contributed by atoms with Crippen LogP contribution in [0, 0.1) is 0 Å². The lowest BCUT2D eigenvalue weighted by Gasteiger charge is -2.21. The van der Waals surface area contributed by atoms with Crippen molar-refractivity contribution in [1.82, 2.24) is 10.2 Å². The van der Waals surface area contributed by atoms with Crippen molar-refractivity contribution < 1.29 is 23.1 Å². The summed E-state index contributed by atoms with van der Waals surface area (Å²) in [5, 5.41) is 9.69. The fourth-order valence-corrected chi connectivity index (χ4v) is 4.17. The second kappa shape index (κ2) is 8.15. The Bertz CT molecular complexity index is 1210. The van der Waals surface area contributed by atoms with Crippen LogP contribution < -0.4 is 15.0 Å². The molecule has 0 spiro atoms. The van der Waals surface area contributed by atoms with Gasteiger partial charge < -0.3 is 15.0 Å². The van der Waals surface area contributed by atoms with Crippen molar-refractivity contribution in [2.75, 3.05) is 16.8 Å². The van der Waals surface area contributed by atoms with Gasteiger partial charge in [0.2, 0.25) is 5.91 Å². The van der Waals surface area contributed by atoms with Crippen molar-refractivity contribution in [3.63, 3.8) is 0 Å². The van der Waals surface area contributed by atoms with E-state index < -0.39 is 11.5 Å². The number of benzene rings is 2. The molecule has 1 aromatic heterocycles. The molecule has 0 fully saturated rings. The van der Waals surface area contributed by atoms with Crippen molar-refractivity contribution in [3.8, 4) is 17.0 Å². The molecule has 33 heavy (non-hydrogen) atoms. The largest absolute Gasteiger partial charge is 0.487 e.